The molecule has 1 aromatic heterocycles. The molecule has 0 unspecified atom stereocenters. The van der Waals surface area contributed by atoms with Gasteiger partial charge in [0, 0.05) is 30.7 Å². The second kappa shape index (κ2) is 5.80. The molecule has 4 nitrogen and oxygen atoms in total. The highest BCUT2D eigenvalue weighted by Crippen LogP contribution is 2.35. The summed E-state index contributed by atoms with van der Waals surface area (Å²) in [5.74, 6) is 0.872. The van der Waals surface area contributed by atoms with Gasteiger partial charge in [0.15, 0.2) is 0 Å². The van der Waals surface area contributed by atoms with E-state index in [4.69, 9.17) is 17.3 Å². The highest BCUT2D eigenvalue weighted by atomic mass is 35.5. The van der Waals surface area contributed by atoms with Crippen molar-refractivity contribution >= 4 is 23.1 Å². The predicted molar refractivity (Wildman–Crippen MR) is 88.0 cm³/mol. The van der Waals surface area contributed by atoms with E-state index in [1.165, 1.54) is 6.07 Å². The molecule has 0 saturated carbocycles. The number of hydrogen-bond acceptors (Lipinski definition) is 3. The normalized spacial score (nSPS) is 16.3. The lowest BCUT2D eigenvalue weighted by atomic mass is 9.89. The minimum Gasteiger partial charge on any atom is -0.384 e. The minimum atomic E-state index is -0.261. The molecular weight excluding hydrogens is 303 g/mol. The maximum Gasteiger partial charge on any atom is 0.147 e. The van der Waals surface area contributed by atoms with Gasteiger partial charge >= 0.3 is 0 Å². The molecule has 2 aromatic rings. The van der Waals surface area contributed by atoms with Crippen LogP contribution in [0.15, 0.2) is 18.2 Å². The average molecular weight is 323 g/mol. The Bertz CT molecular complexity index is 690. The quantitative estimate of drug-likeness (QED) is 0.920. The van der Waals surface area contributed by atoms with Crippen molar-refractivity contribution in [2.75, 3.05) is 23.7 Å². The standard InChI is InChI=1S/C16H20ClFN4/c1-10-15(16(19)21(2)20-10)11-5-7-22(8-6-11)14-4-3-12(17)9-13(14)18/h3-4,9,11H,5-8,19H2,1-2H3. The van der Waals surface area contributed by atoms with Crippen molar-refractivity contribution < 1.29 is 4.39 Å². The third-order valence-corrected chi connectivity index (χ3v) is 4.70. The van der Waals surface area contributed by atoms with Crippen molar-refractivity contribution in [3.63, 3.8) is 0 Å². The number of hydrogen-bond donors (Lipinski definition) is 1. The summed E-state index contributed by atoms with van der Waals surface area (Å²) >= 11 is 5.81. The van der Waals surface area contributed by atoms with Gasteiger partial charge < -0.3 is 10.6 Å². The molecule has 1 aliphatic heterocycles. The smallest absolute Gasteiger partial charge is 0.147 e. The van der Waals surface area contributed by atoms with Crippen LogP contribution in [0.4, 0.5) is 15.9 Å². The molecule has 0 amide bonds. The predicted octanol–water partition coefficient (Wildman–Crippen LogP) is 3.49. The van der Waals surface area contributed by atoms with E-state index in [0.717, 1.165) is 43.0 Å². The molecule has 6 heteroatoms. The summed E-state index contributed by atoms with van der Waals surface area (Å²) in [6.45, 7) is 3.60. The number of aryl methyl sites for hydroxylation is 2. The molecule has 2 N–H and O–H groups in total. The van der Waals surface area contributed by atoms with Crippen molar-refractivity contribution in [3.8, 4) is 0 Å². The second-order valence-corrected chi connectivity index (χ2v) is 6.30. The minimum absolute atomic E-state index is 0.261. The molecule has 3 rings (SSSR count). The summed E-state index contributed by atoms with van der Waals surface area (Å²) in [5.41, 5.74) is 8.90. The van der Waals surface area contributed by atoms with Gasteiger partial charge in [0.25, 0.3) is 0 Å². The number of nitrogens with two attached hydrogens (primary N) is 1. The zero-order valence-electron chi connectivity index (χ0n) is 12.8. The second-order valence-electron chi connectivity index (χ2n) is 5.86. The number of anilines is 2. The molecule has 0 spiro atoms. The Morgan fingerprint density at radius 3 is 2.55 bits per heavy atom. The van der Waals surface area contributed by atoms with Crippen LogP contribution in [0.5, 0.6) is 0 Å². The highest BCUT2D eigenvalue weighted by molar-refractivity contribution is 6.30. The Kier molecular flexibility index (Phi) is 4.00. The van der Waals surface area contributed by atoms with Crippen molar-refractivity contribution in [1.82, 2.24) is 9.78 Å². The number of piperidine rings is 1. The first-order valence-electron chi connectivity index (χ1n) is 7.46. The van der Waals surface area contributed by atoms with E-state index in [1.807, 2.05) is 14.0 Å². The number of halogens is 2. The molecule has 1 aromatic carbocycles. The van der Waals surface area contributed by atoms with E-state index >= 15 is 0 Å². The Morgan fingerprint density at radius 2 is 2.00 bits per heavy atom. The fourth-order valence-electron chi connectivity index (χ4n) is 3.34. The lowest BCUT2D eigenvalue weighted by molar-refractivity contribution is 0.497. The molecule has 1 saturated heterocycles. The molecule has 1 aliphatic rings. The van der Waals surface area contributed by atoms with Crippen LogP contribution in [0, 0.1) is 12.7 Å². The van der Waals surface area contributed by atoms with Crippen molar-refractivity contribution in [2.45, 2.75) is 25.7 Å². The largest absolute Gasteiger partial charge is 0.384 e. The third-order valence-electron chi connectivity index (χ3n) is 4.47. The lowest BCUT2D eigenvalue weighted by Crippen LogP contribution is -2.33. The average Bonchev–Trinajstić information content (AvgIpc) is 2.73. The van der Waals surface area contributed by atoms with Gasteiger partial charge in [-0.15, -0.1) is 0 Å². The first-order chi connectivity index (χ1) is 10.5. The number of aromatic nitrogens is 2. The zero-order valence-corrected chi connectivity index (χ0v) is 13.6. The Balaban J connectivity index is 1.75. The molecule has 0 aliphatic carbocycles. The molecule has 0 bridgehead atoms. The van der Waals surface area contributed by atoms with E-state index < -0.39 is 0 Å². The van der Waals surface area contributed by atoms with Crippen LogP contribution in [0.2, 0.25) is 5.02 Å². The van der Waals surface area contributed by atoms with Crippen LogP contribution in [-0.2, 0) is 7.05 Å². The summed E-state index contributed by atoms with van der Waals surface area (Å²) < 4.78 is 15.8. The third kappa shape index (κ3) is 2.65. The molecule has 1 fully saturated rings. The van der Waals surface area contributed by atoms with E-state index in [-0.39, 0.29) is 5.82 Å². The number of benzene rings is 1. The Morgan fingerprint density at radius 1 is 1.32 bits per heavy atom. The first-order valence-corrected chi connectivity index (χ1v) is 7.84. The molecule has 22 heavy (non-hydrogen) atoms. The fraction of sp³-hybridized carbons (Fsp3) is 0.438. The van der Waals surface area contributed by atoms with Crippen LogP contribution in [-0.4, -0.2) is 22.9 Å². The Labute approximate surface area is 134 Å². The van der Waals surface area contributed by atoms with E-state index in [2.05, 4.69) is 10.00 Å². The van der Waals surface area contributed by atoms with Gasteiger partial charge in [-0.2, -0.15) is 5.10 Å². The monoisotopic (exact) mass is 322 g/mol. The summed E-state index contributed by atoms with van der Waals surface area (Å²) in [7, 11) is 1.87. The first kappa shape index (κ1) is 15.2. The number of nitrogen functional groups attached to an aromatic ring is 1. The number of nitrogens with zero attached hydrogens (tertiary/aromatic N) is 3. The lowest BCUT2D eigenvalue weighted by Gasteiger charge is -2.34. The summed E-state index contributed by atoms with van der Waals surface area (Å²) in [6.07, 6.45) is 1.89. The van der Waals surface area contributed by atoms with Gasteiger partial charge in [-0.1, -0.05) is 11.6 Å². The molecule has 2 heterocycles. The van der Waals surface area contributed by atoms with Gasteiger partial charge in [-0.3, -0.25) is 4.68 Å². The van der Waals surface area contributed by atoms with Crippen LogP contribution in [0.3, 0.4) is 0 Å². The highest BCUT2D eigenvalue weighted by Gasteiger charge is 2.26. The van der Waals surface area contributed by atoms with E-state index in [1.54, 1.807) is 16.8 Å². The van der Waals surface area contributed by atoms with E-state index in [0.29, 0.717) is 16.6 Å². The van der Waals surface area contributed by atoms with Crippen LogP contribution in [0.1, 0.15) is 30.0 Å². The van der Waals surface area contributed by atoms with Crippen LogP contribution < -0.4 is 10.6 Å². The van der Waals surface area contributed by atoms with Crippen molar-refractivity contribution in [2.24, 2.45) is 7.05 Å². The summed E-state index contributed by atoms with van der Waals surface area (Å²) in [4.78, 5) is 2.07. The van der Waals surface area contributed by atoms with Crippen molar-refractivity contribution in [1.29, 1.82) is 0 Å². The summed E-state index contributed by atoms with van der Waals surface area (Å²) in [6, 6.07) is 4.85. The van der Waals surface area contributed by atoms with Gasteiger partial charge in [-0.05, 0) is 43.9 Å². The maximum atomic E-state index is 14.0. The van der Waals surface area contributed by atoms with Gasteiger partial charge in [0.05, 0.1) is 11.4 Å². The number of rotatable bonds is 2. The SMILES string of the molecule is Cc1nn(C)c(N)c1C1CCN(c2ccc(Cl)cc2F)CC1. The molecular formula is C16H20ClFN4. The van der Waals surface area contributed by atoms with Gasteiger partial charge in [-0.25, -0.2) is 4.39 Å². The molecule has 0 radical (unpaired) electrons. The van der Waals surface area contributed by atoms with E-state index in [9.17, 15) is 4.39 Å². The van der Waals surface area contributed by atoms with Gasteiger partial charge in [0.1, 0.15) is 11.6 Å². The Hall–Kier alpha value is -1.75. The maximum absolute atomic E-state index is 14.0. The zero-order chi connectivity index (χ0) is 15.9. The van der Waals surface area contributed by atoms with Crippen LogP contribution in [0.25, 0.3) is 0 Å². The fourth-order valence-corrected chi connectivity index (χ4v) is 3.50. The van der Waals surface area contributed by atoms with Gasteiger partial charge in [0.2, 0.25) is 0 Å². The molecule has 0 atom stereocenters. The van der Waals surface area contributed by atoms with Crippen molar-refractivity contribution in [3.05, 3.63) is 40.3 Å². The molecule has 118 valence electrons. The summed E-state index contributed by atoms with van der Waals surface area (Å²) in [5, 5.41) is 4.82. The van der Waals surface area contributed by atoms with Crippen LogP contribution >= 0.6 is 11.6 Å². The topological polar surface area (TPSA) is 47.1 Å².